The molecule has 2 aromatic rings. The highest BCUT2D eigenvalue weighted by Gasteiger charge is 2.41. The normalized spacial score (nSPS) is 28.3. The highest BCUT2D eigenvalue weighted by atomic mass is 16.3. The minimum atomic E-state index is -0.361. The number of nitriles is 1. The lowest BCUT2D eigenvalue weighted by Gasteiger charge is -2.35. The zero-order valence-electron chi connectivity index (χ0n) is 14.6. The standard InChI is InChI=1S/C20H23N5O/c21-9-14-2-1-3-15(6-14)11-25-12-16-7-18(19(26)8-17(16)13-25)24-20-10-22-4-5-23-20/h1-6,10,16-19,26H,7-8,11-13H2,(H,23,24)/t16-,17+,18-,19-/m1/s1. The number of aliphatic hydroxyl groups is 1. The van der Waals surface area contributed by atoms with Crippen LogP contribution in [0.15, 0.2) is 42.9 Å². The summed E-state index contributed by atoms with van der Waals surface area (Å²) in [4.78, 5) is 10.8. The van der Waals surface area contributed by atoms with Gasteiger partial charge in [0.25, 0.3) is 0 Å². The van der Waals surface area contributed by atoms with E-state index in [0.717, 1.165) is 38.3 Å². The van der Waals surface area contributed by atoms with Crippen molar-refractivity contribution in [2.24, 2.45) is 11.8 Å². The molecule has 134 valence electrons. The van der Waals surface area contributed by atoms with Gasteiger partial charge in [-0.3, -0.25) is 9.88 Å². The van der Waals surface area contributed by atoms with Gasteiger partial charge in [0.05, 0.1) is 30.0 Å². The number of likely N-dealkylation sites (tertiary alicyclic amines) is 1. The zero-order valence-corrected chi connectivity index (χ0v) is 14.6. The fourth-order valence-corrected chi connectivity index (χ4v) is 4.37. The fraction of sp³-hybridized carbons (Fsp3) is 0.450. The monoisotopic (exact) mass is 349 g/mol. The van der Waals surface area contributed by atoms with Crippen LogP contribution in [-0.4, -0.2) is 45.2 Å². The van der Waals surface area contributed by atoms with Crippen LogP contribution in [0.1, 0.15) is 24.0 Å². The molecule has 1 saturated heterocycles. The van der Waals surface area contributed by atoms with Crippen molar-refractivity contribution in [1.29, 1.82) is 5.26 Å². The summed E-state index contributed by atoms with van der Waals surface area (Å²) in [5, 5.41) is 23.0. The van der Waals surface area contributed by atoms with Crippen molar-refractivity contribution >= 4 is 5.82 Å². The number of anilines is 1. The Bertz CT molecular complexity index is 790. The minimum Gasteiger partial charge on any atom is -0.391 e. The molecule has 2 aliphatic rings. The van der Waals surface area contributed by atoms with Gasteiger partial charge in [-0.15, -0.1) is 0 Å². The van der Waals surface area contributed by atoms with E-state index < -0.39 is 0 Å². The van der Waals surface area contributed by atoms with Crippen LogP contribution in [0.25, 0.3) is 0 Å². The maximum absolute atomic E-state index is 10.6. The number of nitrogens with one attached hydrogen (secondary N) is 1. The van der Waals surface area contributed by atoms with Gasteiger partial charge in [0.1, 0.15) is 5.82 Å². The Labute approximate surface area is 153 Å². The van der Waals surface area contributed by atoms with Gasteiger partial charge < -0.3 is 10.4 Å². The van der Waals surface area contributed by atoms with Crippen molar-refractivity contribution < 1.29 is 5.11 Å². The van der Waals surface area contributed by atoms with Crippen LogP contribution >= 0.6 is 0 Å². The Balaban J connectivity index is 1.38. The molecule has 0 bridgehead atoms. The van der Waals surface area contributed by atoms with Crippen LogP contribution in [0.4, 0.5) is 5.82 Å². The molecule has 0 radical (unpaired) electrons. The number of hydrogen-bond acceptors (Lipinski definition) is 6. The van der Waals surface area contributed by atoms with Gasteiger partial charge in [-0.05, 0) is 42.4 Å². The molecular weight excluding hydrogens is 326 g/mol. The molecule has 0 spiro atoms. The molecule has 26 heavy (non-hydrogen) atoms. The Morgan fingerprint density at radius 1 is 1.23 bits per heavy atom. The van der Waals surface area contributed by atoms with E-state index in [4.69, 9.17) is 5.26 Å². The van der Waals surface area contributed by atoms with Crippen LogP contribution in [0.3, 0.4) is 0 Å². The second kappa shape index (κ2) is 7.40. The zero-order chi connectivity index (χ0) is 17.9. The van der Waals surface area contributed by atoms with Crippen molar-refractivity contribution in [1.82, 2.24) is 14.9 Å². The third-order valence-electron chi connectivity index (χ3n) is 5.58. The molecule has 0 amide bonds. The van der Waals surface area contributed by atoms with Crippen LogP contribution in [0.2, 0.25) is 0 Å². The average Bonchev–Trinajstić information content (AvgIpc) is 3.04. The number of hydrogen-bond donors (Lipinski definition) is 2. The molecule has 1 aliphatic heterocycles. The maximum Gasteiger partial charge on any atom is 0.144 e. The summed E-state index contributed by atoms with van der Waals surface area (Å²) in [6.45, 7) is 2.91. The van der Waals surface area contributed by atoms with Crippen LogP contribution < -0.4 is 5.32 Å². The first-order chi connectivity index (χ1) is 12.7. The Hall–Kier alpha value is -2.49. The molecule has 1 aliphatic carbocycles. The van der Waals surface area contributed by atoms with E-state index in [1.165, 1.54) is 5.56 Å². The minimum absolute atomic E-state index is 0.0230. The van der Waals surface area contributed by atoms with E-state index in [1.807, 2.05) is 18.2 Å². The number of nitrogens with zero attached hydrogens (tertiary/aromatic N) is 4. The largest absolute Gasteiger partial charge is 0.391 e. The number of benzene rings is 1. The lowest BCUT2D eigenvalue weighted by Crippen LogP contribution is -2.43. The van der Waals surface area contributed by atoms with Gasteiger partial charge in [0.15, 0.2) is 0 Å². The van der Waals surface area contributed by atoms with Gasteiger partial charge in [0.2, 0.25) is 0 Å². The van der Waals surface area contributed by atoms with E-state index in [9.17, 15) is 5.11 Å². The summed E-state index contributed by atoms with van der Waals surface area (Å²) in [7, 11) is 0. The van der Waals surface area contributed by atoms with Crippen molar-refractivity contribution in [3.63, 3.8) is 0 Å². The molecule has 2 fully saturated rings. The summed E-state index contributed by atoms with van der Waals surface area (Å²) in [5.74, 6) is 1.83. The Morgan fingerprint density at radius 3 is 2.85 bits per heavy atom. The predicted molar refractivity (Wildman–Crippen MR) is 98.1 cm³/mol. The van der Waals surface area contributed by atoms with Gasteiger partial charge >= 0.3 is 0 Å². The molecule has 1 aromatic heterocycles. The van der Waals surface area contributed by atoms with Crippen molar-refractivity contribution in [3.8, 4) is 6.07 Å². The number of aromatic nitrogens is 2. The number of fused-ring (bicyclic) bond motifs is 1. The van der Waals surface area contributed by atoms with Crippen LogP contribution in [0.5, 0.6) is 0 Å². The average molecular weight is 349 g/mol. The number of aliphatic hydroxyl groups excluding tert-OH is 1. The molecule has 6 heteroatoms. The second-order valence-corrected chi connectivity index (χ2v) is 7.41. The number of rotatable bonds is 4. The molecule has 2 heterocycles. The van der Waals surface area contributed by atoms with Crippen molar-refractivity contribution in [2.45, 2.75) is 31.5 Å². The maximum atomic E-state index is 10.6. The Morgan fingerprint density at radius 2 is 2.08 bits per heavy atom. The van der Waals surface area contributed by atoms with E-state index in [0.29, 0.717) is 17.4 Å². The van der Waals surface area contributed by atoms with Crippen molar-refractivity contribution in [3.05, 3.63) is 54.0 Å². The smallest absolute Gasteiger partial charge is 0.144 e. The highest BCUT2D eigenvalue weighted by molar-refractivity contribution is 5.33. The predicted octanol–water partition coefficient (Wildman–Crippen LogP) is 2.03. The quantitative estimate of drug-likeness (QED) is 0.879. The van der Waals surface area contributed by atoms with E-state index in [1.54, 1.807) is 18.6 Å². The van der Waals surface area contributed by atoms with Crippen LogP contribution in [-0.2, 0) is 6.54 Å². The molecule has 1 saturated carbocycles. The highest BCUT2D eigenvalue weighted by Crippen LogP contribution is 2.37. The first kappa shape index (κ1) is 17.0. The lowest BCUT2D eigenvalue weighted by atomic mass is 9.77. The van der Waals surface area contributed by atoms with Gasteiger partial charge in [-0.25, -0.2) is 4.98 Å². The molecule has 0 unspecified atom stereocenters. The third kappa shape index (κ3) is 3.69. The molecule has 6 nitrogen and oxygen atoms in total. The summed E-state index contributed by atoms with van der Waals surface area (Å²) < 4.78 is 0. The second-order valence-electron chi connectivity index (χ2n) is 7.41. The van der Waals surface area contributed by atoms with Gasteiger partial charge in [-0.2, -0.15) is 5.26 Å². The van der Waals surface area contributed by atoms with Gasteiger partial charge in [-0.1, -0.05) is 12.1 Å². The fourth-order valence-electron chi connectivity index (χ4n) is 4.37. The summed E-state index contributed by atoms with van der Waals surface area (Å²) in [6.07, 6.45) is 6.40. The summed E-state index contributed by atoms with van der Waals surface area (Å²) >= 11 is 0. The summed E-state index contributed by atoms with van der Waals surface area (Å²) in [6, 6.07) is 10.1. The molecule has 2 N–H and O–H groups in total. The van der Waals surface area contributed by atoms with E-state index in [-0.39, 0.29) is 12.1 Å². The first-order valence-electron chi connectivity index (χ1n) is 9.13. The lowest BCUT2D eigenvalue weighted by molar-refractivity contribution is 0.0735. The summed E-state index contributed by atoms with van der Waals surface area (Å²) in [5.41, 5.74) is 1.89. The van der Waals surface area contributed by atoms with Crippen LogP contribution in [0, 0.1) is 23.2 Å². The topological polar surface area (TPSA) is 85.1 Å². The third-order valence-corrected chi connectivity index (χ3v) is 5.58. The first-order valence-corrected chi connectivity index (χ1v) is 9.13. The van der Waals surface area contributed by atoms with E-state index in [2.05, 4.69) is 32.3 Å². The van der Waals surface area contributed by atoms with E-state index >= 15 is 0 Å². The SMILES string of the molecule is N#Cc1cccc(CN2C[C@H]3C[C@@H](Nc4cnccn4)[C@H](O)C[C@H]3C2)c1. The van der Waals surface area contributed by atoms with Crippen molar-refractivity contribution in [2.75, 3.05) is 18.4 Å². The molecule has 4 rings (SSSR count). The Kier molecular flexibility index (Phi) is 4.83. The molecule has 4 atom stereocenters. The van der Waals surface area contributed by atoms with Gasteiger partial charge in [0, 0.05) is 32.0 Å². The molecular formula is C20H23N5O. The molecule has 1 aromatic carbocycles.